The van der Waals surface area contributed by atoms with Crippen molar-refractivity contribution in [2.45, 2.75) is 37.3 Å². The molecule has 3 fully saturated rings. The molecule has 0 bridgehead atoms. The van der Waals surface area contributed by atoms with Crippen LogP contribution in [0.3, 0.4) is 0 Å². The average molecular weight is 697 g/mol. The zero-order valence-corrected chi connectivity index (χ0v) is 26.5. The Morgan fingerprint density at radius 2 is 1.71 bits per heavy atom. The van der Waals surface area contributed by atoms with Crippen LogP contribution in [0.4, 0.5) is 5.82 Å². The van der Waals surface area contributed by atoms with Crippen molar-refractivity contribution in [1.82, 2.24) is 43.4 Å². The number of aromatic nitrogens is 9. The third-order valence-corrected chi connectivity index (χ3v) is 11.7. The smallest absolute Gasteiger partial charge is 0.324 e. The van der Waals surface area contributed by atoms with Gasteiger partial charge in [0.1, 0.15) is 24.2 Å². The van der Waals surface area contributed by atoms with Gasteiger partial charge in [0.25, 0.3) is 5.56 Å². The lowest BCUT2D eigenvalue weighted by atomic mass is 9.70. The van der Waals surface area contributed by atoms with Gasteiger partial charge >= 0.3 is 13.4 Å². The second-order valence-electron chi connectivity index (χ2n) is 11.0. The minimum atomic E-state index is -3.77. The zero-order chi connectivity index (χ0) is 31.1. The summed E-state index contributed by atoms with van der Waals surface area (Å²) in [5.74, 6) is 0.255. The van der Waals surface area contributed by atoms with Gasteiger partial charge in [-0.1, -0.05) is 0 Å². The second-order valence-corrected chi connectivity index (χ2v) is 16.7. The van der Waals surface area contributed by atoms with Gasteiger partial charge in [-0.2, -0.15) is 0 Å². The standard InChI is InChI=1S/C23H26N10O8P2S2/c24-19-17-20(27-8-26-19)32(9-28-17)13-3-11-5-37-43(36,45)41-14-4-16(40-15(14)7-39-42(35,44)38-6-12(11)13)33-10-29-18-21(34)30-23-25-1-2-31(23)22(18)33/h1-2,8-16H,3-7H2,(H,35,44)(H,36,45)(H2,24,26,27)(H,25,30,34)/t11-,12-,13-,14+,15-,16-,42?,43?/m1/s1. The van der Waals surface area contributed by atoms with E-state index in [4.69, 9.17) is 52.2 Å². The van der Waals surface area contributed by atoms with Gasteiger partial charge in [-0.3, -0.25) is 18.7 Å². The molecule has 7 heterocycles. The molecule has 0 spiro atoms. The molecule has 0 radical (unpaired) electrons. The number of imidazole rings is 3. The van der Waals surface area contributed by atoms with Crippen LogP contribution in [0.25, 0.3) is 28.1 Å². The van der Waals surface area contributed by atoms with Crippen molar-refractivity contribution < 1.29 is 32.6 Å². The minimum absolute atomic E-state index is 0.0376. The molecular weight excluding hydrogens is 670 g/mol. The quantitative estimate of drug-likeness (QED) is 0.190. The van der Waals surface area contributed by atoms with E-state index < -0.39 is 37.4 Å². The van der Waals surface area contributed by atoms with Crippen molar-refractivity contribution >= 4 is 71.0 Å². The molecule has 1 saturated carbocycles. The maximum absolute atomic E-state index is 12.6. The fourth-order valence-corrected chi connectivity index (χ4v) is 8.90. The number of nitrogens with zero attached hydrogens (tertiary/aromatic N) is 8. The number of hydrogen-bond donors (Lipinski definition) is 4. The van der Waals surface area contributed by atoms with Gasteiger partial charge in [0.05, 0.1) is 38.6 Å². The van der Waals surface area contributed by atoms with Crippen LogP contribution >= 0.6 is 13.4 Å². The van der Waals surface area contributed by atoms with Gasteiger partial charge in [-0.15, -0.1) is 0 Å². The van der Waals surface area contributed by atoms with Crippen molar-refractivity contribution in [2.24, 2.45) is 11.8 Å². The SMILES string of the molecule is Nc1ncnc2c1ncn2[C@@H]1C[C@@H]2COP(O)(=S)O[C@H]3C[C@H](n4cnc5c(=O)[nH]c6nccn6c54)O[C@@H]3COP(O)(=S)OC[C@H]21. The zero-order valence-electron chi connectivity index (χ0n) is 23.1. The first-order chi connectivity index (χ1) is 21.6. The molecule has 18 nitrogen and oxygen atoms in total. The number of fused-ring (bicyclic) bond motifs is 6. The molecule has 2 saturated heterocycles. The normalized spacial score (nSPS) is 34.5. The summed E-state index contributed by atoms with van der Waals surface area (Å²) in [6, 6.07) is -0.141. The van der Waals surface area contributed by atoms with Crippen LogP contribution in [0.5, 0.6) is 0 Å². The Bertz CT molecular complexity index is 2100. The predicted molar refractivity (Wildman–Crippen MR) is 164 cm³/mol. The van der Waals surface area contributed by atoms with Gasteiger partial charge < -0.3 is 42.9 Å². The number of hydrogen-bond acceptors (Lipinski definition) is 14. The Hall–Kier alpha value is -2.74. The van der Waals surface area contributed by atoms with Crippen LogP contribution in [-0.4, -0.2) is 85.3 Å². The van der Waals surface area contributed by atoms with E-state index in [0.717, 1.165) is 0 Å². The maximum Gasteiger partial charge on any atom is 0.324 e. The third kappa shape index (κ3) is 5.23. The van der Waals surface area contributed by atoms with Crippen LogP contribution in [0.2, 0.25) is 0 Å². The summed E-state index contributed by atoms with van der Waals surface area (Å²) in [6.45, 7) is -7.63. The first-order valence-corrected chi connectivity index (χ1v) is 19.0. The molecule has 1 aliphatic carbocycles. The van der Waals surface area contributed by atoms with Crippen molar-refractivity contribution in [3.8, 4) is 0 Å². The molecule has 2 aliphatic heterocycles. The first-order valence-electron chi connectivity index (χ1n) is 13.8. The predicted octanol–water partition coefficient (Wildman–Crippen LogP) is 1.14. The highest BCUT2D eigenvalue weighted by molar-refractivity contribution is 8.07. The summed E-state index contributed by atoms with van der Waals surface area (Å²) in [6.07, 6.45) is 6.16. The molecule has 0 amide bonds. The lowest BCUT2D eigenvalue weighted by Crippen LogP contribution is -2.43. The Morgan fingerprint density at radius 1 is 0.933 bits per heavy atom. The van der Waals surface area contributed by atoms with Gasteiger partial charge in [-0.25, -0.2) is 24.9 Å². The van der Waals surface area contributed by atoms with Crippen molar-refractivity contribution in [1.29, 1.82) is 0 Å². The topological polar surface area (TPSA) is 224 Å². The van der Waals surface area contributed by atoms with E-state index in [1.807, 2.05) is 4.57 Å². The summed E-state index contributed by atoms with van der Waals surface area (Å²) in [5.41, 5.74) is 7.24. The summed E-state index contributed by atoms with van der Waals surface area (Å²) in [7, 11) is 0. The Balaban J connectivity index is 1.05. The molecule has 8 rings (SSSR count). The van der Waals surface area contributed by atoms with Crippen molar-refractivity contribution in [3.63, 3.8) is 0 Å². The van der Waals surface area contributed by atoms with Crippen LogP contribution < -0.4 is 11.3 Å². The maximum atomic E-state index is 12.6. The molecule has 22 heteroatoms. The average Bonchev–Trinajstić information content (AvgIpc) is 3.77. The highest BCUT2D eigenvalue weighted by Crippen LogP contribution is 2.55. The fraction of sp³-hybridized carbons (Fsp3) is 0.478. The first kappa shape index (κ1) is 29.6. The molecular formula is C23H26N10O8P2S2. The molecule has 5 aromatic rings. The lowest BCUT2D eigenvalue weighted by molar-refractivity contribution is -0.0389. The van der Waals surface area contributed by atoms with E-state index >= 15 is 0 Å². The molecule has 2 unspecified atom stereocenters. The van der Waals surface area contributed by atoms with Crippen LogP contribution in [0.1, 0.15) is 25.1 Å². The van der Waals surface area contributed by atoms with E-state index in [-0.39, 0.29) is 55.5 Å². The van der Waals surface area contributed by atoms with E-state index in [2.05, 4.69) is 29.9 Å². The van der Waals surface area contributed by atoms with Gasteiger partial charge in [0.15, 0.2) is 22.6 Å². The van der Waals surface area contributed by atoms with E-state index in [9.17, 15) is 14.6 Å². The Labute approximate surface area is 263 Å². The highest BCUT2D eigenvalue weighted by Gasteiger charge is 2.47. The molecule has 3 aliphatic rings. The molecule has 238 valence electrons. The summed E-state index contributed by atoms with van der Waals surface area (Å²) in [5, 5.41) is 0. The lowest BCUT2D eigenvalue weighted by Gasteiger charge is -2.45. The van der Waals surface area contributed by atoms with E-state index in [0.29, 0.717) is 29.0 Å². The van der Waals surface area contributed by atoms with Crippen LogP contribution in [-0.2, 0) is 46.4 Å². The number of rotatable bonds is 2. The van der Waals surface area contributed by atoms with Crippen molar-refractivity contribution in [2.75, 3.05) is 25.6 Å². The Kier molecular flexibility index (Phi) is 7.19. The number of nitrogen functional groups attached to an aromatic ring is 1. The van der Waals surface area contributed by atoms with Crippen molar-refractivity contribution in [3.05, 3.63) is 41.7 Å². The van der Waals surface area contributed by atoms with E-state index in [1.54, 1.807) is 27.7 Å². The summed E-state index contributed by atoms with van der Waals surface area (Å²) in [4.78, 5) is 58.5. The monoisotopic (exact) mass is 696 g/mol. The molecule has 5 N–H and O–H groups in total. The summed E-state index contributed by atoms with van der Waals surface area (Å²) >= 11 is 10.8. The molecule has 0 aromatic carbocycles. The number of nitrogens with two attached hydrogens (primary N) is 1. The van der Waals surface area contributed by atoms with Crippen LogP contribution in [0.15, 0.2) is 36.2 Å². The summed E-state index contributed by atoms with van der Waals surface area (Å²) < 4.78 is 34.9. The fourth-order valence-electron chi connectivity index (χ4n) is 6.25. The number of ether oxygens (including phenoxy) is 1. The number of aromatic amines is 1. The van der Waals surface area contributed by atoms with Gasteiger partial charge in [0.2, 0.25) is 5.78 Å². The molecule has 8 atom stereocenters. The van der Waals surface area contributed by atoms with Crippen LogP contribution in [0, 0.1) is 11.8 Å². The molecule has 45 heavy (non-hydrogen) atoms. The number of H-pyrrole nitrogens is 1. The highest BCUT2D eigenvalue weighted by atomic mass is 32.5. The van der Waals surface area contributed by atoms with Gasteiger partial charge in [-0.05, 0) is 36.0 Å². The van der Waals surface area contributed by atoms with Gasteiger partial charge in [0, 0.05) is 30.8 Å². The number of nitrogens with one attached hydrogen (secondary N) is 1. The third-order valence-electron chi connectivity index (χ3n) is 8.51. The number of anilines is 1. The molecule has 5 aromatic heterocycles. The minimum Gasteiger partial charge on any atom is -0.382 e. The van der Waals surface area contributed by atoms with E-state index in [1.165, 1.54) is 12.7 Å². The Morgan fingerprint density at radius 3 is 2.58 bits per heavy atom. The second kappa shape index (κ2) is 10.9. The largest absolute Gasteiger partial charge is 0.382 e.